The van der Waals surface area contributed by atoms with Gasteiger partial charge in [0.25, 0.3) is 0 Å². The average Bonchev–Trinajstić information content (AvgIpc) is 2.65. The monoisotopic (exact) mass is 410 g/mol. The van der Waals surface area contributed by atoms with Crippen LogP contribution in [0.2, 0.25) is 0 Å². The van der Waals surface area contributed by atoms with E-state index < -0.39 is 5.97 Å². The second kappa shape index (κ2) is 11.9. The maximum atomic E-state index is 10.9. The summed E-state index contributed by atoms with van der Waals surface area (Å²) in [6.07, 6.45) is 2.29. The molecule has 0 radical (unpaired) electrons. The number of aliphatic carboxylic acids is 1. The van der Waals surface area contributed by atoms with E-state index in [4.69, 9.17) is 5.11 Å². The fourth-order valence-corrected chi connectivity index (χ4v) is 3.53. The van der Waals surface area contributed by atoms with Gasteiger partial charge in [-0.25, -0.2) is 0 Å². The van der Waals surface area contributed by atoms with Crippen molar-refractivity contribution in [2.45, 2.75) is 19.3 Å². The molecule has 27 heavy (non-hydrogen) atoms. The number of anilines is 2. The smallest absolute Gasteiger partial charge is 0.303 e. The highest BCUT2D eigenvalue weighted by Crippen LogP contribution is 2.25. The zero-order valence-electron chi connectivity index (χ0n) is 15.4. The molecule has 0 atom stereocenters. The molecule has 0 saturated carbocycles. The maximum absolute atomic E-state index is 10.9. The molecule has 2 aromatic carbocycles. The number of benzene rings is 2. The van der Waals surface area contributed by atoms with Crippen LogP contribution in [0.5, 0.6) is 0 Å². The number of carbonyl (C=O) groups is 1. The van der Waals surface area contributed by atoms with Gasteiger partial charge in [-0.1, -0.05) is 36.4 Å². The lowest BCUT2D eigenvalue weighted by atomic mass is 9.94. The van der Waals surface area contributed by atoms with Gasteiger partial charge in [-0.05, 0) is 56.1 Å². The van der Waals surface area contributed by atoms with E-state index in [0.29, 0.717) is 12.3 Å². The Hall–Kier alpha value is -1.75. The summed E-state index contributed by atoms with van der Waals surface area (Å²) in [5.74, 6) is -0.328. The standard InChI is InChI=1S/C21H26N2O2.2ClH/c24-21(25)17-18-11-13-22(14-12-18)15-16-23(19-7-3-1-4-8-19)20-9-5-2-6-10-20;;/h1-10,18H,11-17H2,(H,24,25);2*1H. The Bertz CT molecular complexity index is 623. The summed E-state index contributed by atoms with van der Waals surface area (Å²) in [5, 5.41) is 8.94. The van der Waals surface area contributed by atoms with Gasteiger partial charge >= 0.3 is 5.97 Å². The van der Waals surface area contributed by atoms with E-state index in [1.54, 1.807) is 0 Å². The molecule has 148 valence electrons. The minimum Gasteiger partial charge on any atom is -0.481 e. The fourth-order valence-electron chi connectivity index (χ4n) is 3.53. The van der Waals surface area contributed by atoms with Crippen molar-refractivity contribution in [3.63, 3.8) is 0 Å². The third kappa shape index (κ3) is 7.06. The van der Waals surface area contributed by atoms with Crippen LogP contribution in [0.4, 0.5) is 11.4 Å². The predicted octanol–water partition coefficient (Wildman–Crippen LogP) is 4.86. The van der Waals surface area contributed by atoms with Gasteiger partial charge in [-0.3, -0.25) is 4.79 Å². The lowest BCUT2D eigenvalue weighted by Crippen LogP contribution is -2.39. The molecule has 1 N–H and O–H groups in total. The number of para-hydroxylation sites is 2. The largest absolute Gasteiger partial charge is 0.481 e. The summed E-state index contributed by atoms with van der Waals surface area (Å²) in [6.45, 7) is 3.91. The zero-order chi connectivity index (χ0) is 17.5. The van der Waals surface area contributed by atoms with Gasteiger partial charge in [-0.2, -0.15) is 0 Å². The van der Waals surface area contributed by atoms with Crippen molar-refractivity contribution in [2.75, 3.05) is 31.1 Å². The van der Waals surface area contributed by atoms with Crippen molar-refractivity contribution in [3.8, 4) is 0 Å². The van der Waals surface area contributed by atoms with Gasteiger partial charge in [-0.15, -0.1) is 24.8 Å². The Kier molecular flexibility index (Phi) is 10.2. The summed E-state index contributed by atoms with van der Waals surface area (Å²) in [7, 11) is 0. The normalized spacial score (nSPS) is 14.7. The Morgan fingerprint density at radius 3 is 1.85 bits per heavy atom. The van der Waals surface area contributed by atoms with E-state index in [0.717, 1.165) is 39.0 Å². The van der Waals surface area contributed by atoms with Crippen molar-refractivity contribution < 1.29 is 9.90 Å². The molecule has 0 amide bonds. The van der Waals surface area contributed by atoms with Crippen LogP contribution in [-0.2, 0) is 4.79 Å². The number of hydrogen-bond acceptors (Lipinski definition) is 3. The van der Waals surface area contributed by atoms with Crippen molar-refractivity contribution in [2.24, 2.45) is 5.92 Å². The van der Waals surface area contributed by atoms with Gasteiger partial charge < -0.3 is 14.9 Å². The van der Waals surface area contributed by atoms with Crippen molar-refractivity contribution in [1.29, 1.82) is 0 Å². The van der Waals surface area contributed by atoms with E-state index in [-0.39, 0.29) is 24.8 Å². The summed E-state index contributed by atoms with van der Waals surface area (Å²) in [4.78, 5) is 15.7. The number of piperidine rings is 1. The maximum Gasteiger partial charge on any atom is 0.303 e. The molecular weight excluding hydrogens is 383 g/mol. The van der Waals surface area contributed by atoms with E-state index in [1.165, 1.54) is 11.4 Å². The molecule has 3 rings (SSSR count). The molecule has 4 nitrogen and oxygen atoms in total. The van der Waals surface area contributed by atoms with Crippen LogP contribution in [-0.4, -0.2) is 42.2 Å². The minimum atomic E-state index is -0.669. The molecule has 0 spiro atoms. The summed E-state index contributed by atoms with van der Waals surface area (Å²) < 4.78 is 0. The molecular formula is C21H28Cl2N2O2. The third-order valence-corrected chi connectivity index (χ3v) is 4.95. The lowest BCUT2D eigenvalue weighted by molar-refractivity contribution is -0.138. The molecule has 0 aromatic heterocycles. The highest BCUT2D eigenvalue weighted by Gasteiger charge is 2.21. The van der Waals surface area contributed by atoms with E-state index in [9.17, 15) is 4.79 Å². The van der Waals surface area contributed by atoms with E-state index >= 15 is 0 Å². The molecule has 1 aliphatic heterocycles. The first-order valence-electron chi connectivity index (χ1n) is 9.04. The van der Waals surface area contributed by atoms with Crippen LogP contribution in [0.3, 0.4) is 0 Å². The molecule has 2 aromatic rings. The Labute approximate surface area is 174 Å². The summed E-state index contributed by atoms with van der Waals surface area (Å²) in [6, 6.07) is 21.0. The van der Waals surface area contributed by atoms with Gasteiger partial charge in [0.2, 0.25) is 0 Å². The summed E-state index contributed by atoms with van der Waals surface area (Å²) >= 11 is 0. The Morgan fingerprint density at radius 1 is 0.926 bits per heavy atom. The topological polar surface area (TPSA) is 43.8 Å². The van der Waals surface area contributed by atoms with Crippen LogP contribution < -0.4 is 4.90 Å². The number of likely N-dealkylation sites (tertiary alicyclic amines) is 1. The van der Waals surface area contributed by atoms with Crippen molar-refractivity contribution in [3.05, 3.63) is 60.7 Å². The van der Waals surface area contributed by atoms with Gasteiger partial charge in [0, 0.05) is 30.9 Å². The van der Waals surface area contributed by atoms with Gasteiger partial charge in [0.05, 0.1) is 0 Å². The zero-order valence-corrected chi connectivity index (χ0v) is 17.0. The quantitative estimate of drug-likeness (QED) is 0.707. The molecule has 1 aliphatic rings. The Morgan fingerprint density at radius 2 is 1.41 bits per heavy atom. The van der Waals surface area contributed by atoms with Crippen LogP contribution in [0, 0.1) is 5.92 Å². The van der Waals surface area contributed by atoms with Crippen LogP contribution in [0.25, 0.3) is 0 Å². The molecule has 0 bridgehead atoms. The van der Waals surface area contributed by atoms with E-state index in [2.05, 4.69) is 58.3 Å². The second-order valence-electron chi connectivity index (χ2n) is 6.71. The first-order valence-corrected chi connectivity index (χ1v) is 9.04. The molecule has 1 heterocycles. The SMILES string of the molecule is Cl.Cl.O=C(O)CC1CCN(CCN(c2ccccc2)c2ccccc2)CC1. The number of carboxylic acids is 1. The highest BCUT2D eigenvalue weighted by molar-refractivity contribution is 5.85. The fraction of sp³-hybridized carbons (Fsp3) is 0.381. The van der Waals surface area contributed by atoms with Crippen LogP contribution in [0.15, 0.2) is 60.7 Å². The third-order valence-electron chi connectivity index (χ3n) is 4.95. The number of rotatable bonds is 7. The van der Waals surface area contributed by atoms with Crippen molar-refractivity contribution in [1.82, 2.24) is 4.90 Å². The molecule has 0 unspecified atom stereocenters. The van der Waals surface area contributed by atoms with Crippen LogP contribution in [0.1, 0.15) is 19.3 Å². The molecule has 1 saturated heterocycles. The number of nitrogens with zero attached hydrogens (tertiary/aromatic N) is 2. The molecule has 1 fully saturated rings. The van der Waals surface area contributed by atoms with Gasteiger partial charge in [0.1, 0.15) is 0 Å². The molecule has 6 heteroatoms. The average molecular weight is 411 g/mol. The predicted molar refractivity (Wildman–Crippen MR) is 116 cm³/mol. The van der Waals surface area contributed by atoms with E-state index in [1.807, 2.05) is 12.1 Å². The number of hydrogen-bond donors (Lipinski definition) is 1. The number of halogens is 2. The minimum absolute atomic E-state index is 0. The lowest BCUT2D eigenvalue weighted by Gasteiger charge is -2.34. The molecule has 0 aliphatic carbocycles. The first kappa shape index (κ1) is 23.3. The first-order chi connectivity index (χ1) is 12.2. The van der Waals surface area contributed by atoms with Gasteiger partial charge in [0.15, 0.2) is 0 Å². The Balaban J connectivity index is 0.00000182. The van der Waals surface area contributed by atoms with Crippen LogP contribution >= 0.6 is 24.8 Å². The second-order valence-corrected chi connectivity index (χ2v) is 6.71. The number of carboxylic acid groups (broad SMARTS) is 1. The van der Waals surface area contributed by atoms with Crippen molar-refractivity contribution >= 4 is 42.2 Å². The summed E-state index contributed by atoms with van der Waals surface area (Å²) in [5.41, 5.74) is 2.41. The highest BCUT2D eigenvalue weighted by atomic mass is 35.5.